The van der Waals surface area contributed by atoms with Crippen molar-refractivity contribution in [1.82, 2.24) is 5.32 Å². The van der Waals surface area contributed by atoms with Crippen molar-refractivity contribution in [3.8, 4) is 11.5 Å². The van der Waals surface area contributed by atoms with Gasteiger partial charge in [-0.05, 0) is 40.6 Å². The van der Waals surface area contributed by atoms with E-state index in [0.29, 0.717) is 36.8 Å². The Labute approximate surface area is 144 Å². The summed E-state index contributed by atoms with van der Waals surface area (Å²) in [6, 6.07) is 7.48. The Balaban J connectivity index is 1.45. The Bertz CT molecular complexity index is 643. The van der Waals surface area contributed by atoms with Gasteiger partial charge in [0.15, 0.2) is 11.5 Å². The van der Waals surface area contributed by atoms with Crippen LogP contribution in [0.25, 0.3) is 0 Å². The van der Waals surface area contributed by atoms with Crippen molar-refractivity contribution in [2.24, 2.45) is 0 Å². The number of thiophene rings is 1. The molecule has 0 fully saturated rings. The average molecular weight is 349 g/mol. The molecule has 0 atom stereocenters. The molecule has 6 heteroatoms. The molecule has 0 spiro atoms. The zero-order chi connectivity index (χ0) is 15.9. The first-order valence-corrected chi connectivity index (χ1v) is 9.69. The van der Waals surface area contributed by atoms with Crippen LogP contribution in [0.4, 0.5) is 0 Å². The monoisotopic (exact) mass is 349 g/mol. The van der Waals surface area contributed by atoms with Crippen LogP contribution in [-0.2, 0) is 5.75 Å². The van der Waals surface area contributed by atoms with E-state index in [4.69, 9.17) is 9.47 Å². The summed E-state index contributed by atoms with van der Waals surface area (Å²) in [5.74, 6) is 3.18. The second-order valence-electron chi connectivity index (χ2n) is 5.15. The van der Waals surface area contributed by atoms with Gasteiger partial charge in [-0.25, -0.2) is 0 Å². The van der Waals surface area contributed by atoms with Crippen molar-refractivity contribution >= 4 is 29.0 Å². The lowest BCUT2D eigenvalue weighted by Gasteiger charge is -2.09. The number of thioether (sulfide) groups is 1. The highest BCUT2D eigenvalue weighted by molar-refractivity contribution is 7.98. The van der Waals surface area contributed by atoms with E-state index >= 15 is 0 Å². The van der Waals surface area contributed by atoms with Crippen LogP contribution in [0.5, 0.6) is 11.5 Å². The van der Waals surface area contributed by atoms with Gasteiger partial charge >= 0.3 is 0 Å². The second kappa shape index (κ2) is 8.26. The van der Waals surface area contributed by atoms with Gasteiger partial charge in [0.25, 0.3) is 5.91 Å². The third-order valence-electron chi connectivity index (χ3n) is 3.39. The molecular weight excluding hydrogens is 330 g/mol. The van der Waals surface area contributed by atoms with Crippen molar-refractivity contribution in [2.45, 2.75) is 12.2 Å². The first kappa shape index (κ1) is 16.2. The largest absolute Gasteiger partial charge is 0.490 e. The van der Waals surface area contributed by atoms with Gasteiger partial charge in [-0.2, -0.15) is 23.1 Å². The summed E-state index contributed by atoms with van der Waals surface area (Å²) in [7, 11) is 0. The van der Waals surface area contributed by atoms with Crippen molar-refractivity contribution in [2.75, 3.05) is 25.5 Å². The Hall–Kier alpha value is -1.66. The van der Waals surface area contributed by atoms with E-state index in [-0.39, 0.29) is 5.91 Å². The van der Waals surface area contributed by atoms with Gasteiger partial charge < -0.3 is 14.8 Å². The number of carbonyl (C=O) groups excluding carboxylic acids is 1. The maximum absolute atomic E-state index is 12.2. The molecule has 0 unspecified atom stereocenters. The third kappa shape index (κ3) is 4.65. The summed E-state index contributed by atoms with van der Waals surface area (Å²) in [6.45, 7) is 1.93. The first-order valence-electron chi connectivity index (χ1n) is 7.59. The number of ether oxygens (including phenoxy) is 2. The van der Waals surface area contributed by atoms with Crippen molar-refractivity contribution in [1.29, 1.82) is 0 Å². The van der Waals surface area contributed by atoms with Crippen LogP contribution in [-0.4, -0.2) is 31.4 Å². The molecule has 4 nitrogen and oxygen atoms in total. The molecule has 122 valence electrons. The van der Waals surface area contributed by atoms with Gasteiger partial charge in [-0.1, -0.05) is 0 Å². The minimum absolute atomic E-state index is 0.0724. The minimum Gasteiger partial charge on any atom is -0.490 e. The van der Waals surface area contributed by atoms with Gasteiger partial charge in [0.05, 0.1) is 13.2 Å². The zero-order valence-electron chi connectivity index (χ0n) is 12.7. The fourth-order valence-electron chi connectivity index (χ4n) is 2.21. The van der Waals surface area contributed by atoms with E-state index in [1.165, 1.54) is 5.56 Å². The van der Waals surface area contributed by atoms with Crippen LogP contribution < -0.4 is 14.8 Å². The normalized spacial score (nSPS) is 13.4. The lowest BCUT2D eigenvalue weighted by atomic mass is 10.2. The molecule has 0 saturated carbocycles. The summed E-state index contributed by atoms with van der Waals surface area (Å²) < 4.78 is 11.2. The van der Waals surface area contributed by atoms with Gasteiger partial charge in [-0.15, -0.1) is 0 Å². The maximum Gasteiger partial charge on any atom is 0.251 e. The van der Waals surface area contributed by atoms with Crippen LogP contribution in [0.2, 0.25) is 0 Å². The molecule has 1 aromatic carbocycles. The van der Waals surface area contributed by atoms with Gasteiger partial charge in [0.1, 0.15) is 0 Å². The molecule has 23 heavy (non-hydrogen) atoms. The average Bonchev–Trinajstić information content (AvgIpc) is 2.97. The molecule has 1 amide bonds. The minimum atomic E-state index is -0.0724. The molecule has 2 heterocycles. The standard InChI is InChI=1S/C17H19NO3S2/c19-17(18-5-9-23-12-13-4-8-22-11-13)14-2-3-15-16(10-14)21-7-1-6-20-15/h2-4,8,10-11H,1,5-7,9,12H2,(H,18,19). The summed E-state index contributed by atoms with van der Waals surface area (Å²) in [6.07, 6.45) is 0.859. The molecule has 0 aliphatic carbocycles. The summed E-state index contributed by atoms with van der Waals surface area (Å²) in [4.78, 5) is 12.2. The second-order valence-corrected chi connectivity index (χ2v) is 7.04. The number of rotatable bonds is 6. The maximum atomic E-state index is 12.2. The first-order chi connectivity index (χ1) is 11.3. The molecule has 1 N–H and O–H groups in total. The Morgan fingerprint density at radius 3 is 2.91 bits per heavy atom. The molecule has 1 aliphatic heterocycles. The van der Waals surface area contributed by atoms with Gasteiger partial charge in [0.2, 0.25) is 0 Å². The summed E-state index contributed by atoms with van der Waals surface area (Å²) >= 11 is 3.53. The summed E-state index contributed by atoms with van der Waals surface area (Å²) in [5.41, 5.74) is 1.95. The van der Waals surface area contributed by atoms with Crippen molar-refractivity contribution < 1.29 is 14.3 Å². The Morgan fingerprint density at radius 2 is 2.09 bits per heavy atom. The van der Waals surface area contributed by atoms with E-state index < -0.39 is 0 Å². The molecule has 1 aliphatic rings. The number of benzene rings is 1. The molecule has 0 saturated heterocycles. The number of carbonyl (C=O) groups is 1. The Kier molecular flexibility index (Phi) is 5.82. The lowest BCUT2D eigenvalue weighted by molar-refractivity contribution is 0.0955. The molecule has 2 aromatic rings. The van der Waals surface area contributed by atoms with Gasteiger partial charge in [0, 0.05) is 30.0 Å². The van der Waals surface area contributed by atoms with E-state index in [0.717, 1.165) is 17.9 Å². The Morgan fingerprint density at radius 1 is 1.22 bits per heavy atom. The molecule has 1 aromatic heterocycles. The third-order valence-corrected chi connectivity index (χ3v) is 5.15. The topological polar surface area (TPSA) is 47.6 Å². The van der Waals surface area contributed by atoms with Gasteiger partial charge in [-0.3, -0.25) is 4.79 Å². The summed E-state index contributed by atoms with van der Waals surface area (Å²) in [5, 5.41) is 7.19. The SMILES string of the molecule is O=C(NCCSCc1ccsc1)c1ccc2c(c1)OCCCO2. The molecular formula is C17H19NO3S2. The predicted octanol–water partition coefficient (Wildman–Crippen LogP) is 3.57. The van der Waals surface area contributed by atoms with Crippen LogP contribution in [0.15, 0.2) is 35.0 Å². The fraction of sp³-hybridized carbons (Fsp3) is 0.353. The number of hydrogen-bond donors (Lipinski definition) is 1. The van der Waals surface area contributed by atoms with E-state index in [2.05, 4.69) is 22.1 Å². The van der Waals surface area contributed by atoms with E-state index in [1.807, 2.05) is 11.8 Å². The zero-order valence-corrected chi connectivity index (χ0v) is 14.4. The fourth-order valence-corrected chi connectivity index (χ4v) is 3.79. The quantitative estimate of drug-likeness (QED) is 0.810. The van der Waals surface area contributed by atoms with Crippen LogP contribution >= 0.6 is 23.1 Å². The molecule has 3 rings (SSSR count). The smallest absolute Gasteiger partial charge is 0.251 e. The van der Waals surface area contributed by atoms with Crippen LogP contribution in [0.3, 0.4) is 0 Å². The molecule has 0 bridgehead atoms. The highest BCUT2D eigenvalue weighted by Gasteiger charge is 2.13. The number of fused-ring (bicyclic) bond motifs is 1. The predicted molar refractivity (Wildman–Crippen MR) is 94.9 cm³/mol. The van der Waals surface area contributed by atoms with E-state index in [9.17, 15) is 4.79 Å². The number of amides is 1. The highest BCUT2D eigenvalue weighted by atomic mass is 32.2. The lowest BCUT2D eigenvalue weighted by Crippen LogP contribution is -2.25. The highest BCUT2D eigenvalue weighted by Crippen LogP contribution is 2.30. The van der Waals surface area contributed by atoms with Crippen LogP contribution in [0.1, 0.15) is 22.3 Å². The number of nitrogens with one attached hydrogen (secondary N) is 1. The van der Waals surface area contributed by atoms with Crippen molar-refractivity contribution in [3.63, 3.8) is 0 Å². The van der Waals surface area contributed by atoms with Crippen LogP contribution in [0, 0.1) is 0 Å². The molecule has 0 radical (unpaired) electrons. The van der Waals surface area contributed by atoms with E-state index in [1.54, 1.807) is 29.5 Å². The van der Waals surface area contributed by atoms with Crippen molar-refractivity contribution in [3.05, 3.63) is 46.2 Å². The number of hydrogen-bond acceptors (Lipinski definition) is 5.